The standard InChI is InChI=1S/C23H25N3/c1-5-25-20-12-15(2)21(16(3)13-20)22-17(4)11-19(14-24)23(26-22)18-9-7-6-8-10-18/h6-13,23,25-26H,5H2,1-4H3. The first kappa shape index (κ1) is 17.8. The Hall–Kier alpha value is -2.99. The normalized spacial score (nSPS) is 16.6. The second kappa shape index (κ2) is 7.49. The number of benzene rings is 2. The molecule has 2 aromatic carbocycles. The van der Waals surface area contributed by atoms with Crippen LogP contribution in [0.4, 0.5) is 5.69 Å². The van der Waals surface area contributed by atoms with Crippen LogP contribution in [0.2, 0.25) is 0 Å². The molecule has 0 bridgehead atoms. The largest absolute Gasteiger partial charge is 0.385 e. The van der Waals surface area contributed by atoms with Gasteiger partial charge in [-0.1, -0.05) is 30.3 Å². The third-order valence-electron chi connectivity index (χ3n) is 4.79. The number of nitriles is 1. The van der Waals surface area contributed by atoms with E-state index in [2.05, 4.69) is 68.7 Å². The predicted octanol–water partition coefficient (Wildman–Crippen LogP) is 5.26. The third-order valence-corrected chi connectivity index (χ3v) is 4.79. The zero-order chi connectivity index (χ0) is 18.7. The van der Waals surface area contributed by atoms with Crippen LogP contribution >= 0.6 is 0 Å². The van der Waals surface area contributed by atoms with E-state index in [1.165, 1.54) is 16.7 Å². The van der Waals surface area contributed by atoms with E-state index in [1.54, 1.807) is 0 Å². The maximum absolute atomic E-state index is 9.61. The molecule has 0 saturated heterocycles. The number of nitrogens with one attached hydrogen (secondary N) is 2. The lowest BCUT2D eigenvalue weighted by molar-refractivity contribution is 0.730. The lowest BCUT2D eigenvalue weighted by Gasteiger charge is -2.29. The zero-order valence-corrected chi connectivity index (χ0v) is 15.9. The van der Waals surface area contributed by atoms with Gasteiger partial charge in [0.05, 0.1) is 17.7 Å². The first-order valence-electron chi connectivity index (χ1n) is 9.04. The van der Waals surface area contributed by atoms with Crippen LogP contribution in [-0.4, -0.2) is 6.54 Å². The Bertz CT molecular complexity index is 891. The second-order valence-corrected chi connectivity index (χ2v) is 6.77. The topological polar surface area (TPSA) is 47.9 Å². The fraction of sp³-hybridized carbons (Fsp3) is 0.261. The Balaban J connectivity index is 2.08. The second-order valence-electron chi connectivity index (χ2n) is 6.77. The van der Waals surface area contributed by atoms with Gasteiger partial charge in [-0.3, -0.25) is 0 Å². The monoisotopic (exact) mass is 343 g/mol. The molecule has 3 heteroatoms. The predicted molar refractivity (Wildman–Crippen MR) is 109 cm³/mol. The minimum Gasteiger partial charge on any atom is -0.385 e. The van der Waals surface area contributed by atoms with Crippen molar-refractivity contribution < 1.29 is 0 Å². The van der Waals surface area contributed by atoms with Gasteiger partial charge in [0.1, 0.15) is 0 Å². The highest BCUT2D eigenvalue weighted by molar-refractivity contribution is 5.78. The maximum Gasteiger partial charge on any atom is 0.0972 e. The van der Waals surface area contributed by atoms with Gasteiger partial charge in [-0.15, -0.1) is 0 Å². The minimum atomic E-state index is -0.118. The van der Waals surface area contributed by atoms with E-state index >= 15 is 0 Å². The quantitative estimate of drug-likeness (QED) is 0.796. The van der Waals surface area contributed by atoms with Crippen LogP contribution in [-0.2, 0) is 0 Å². The summed E-state index contributed by atoms with van der Waals surface area (Å²) in [5, 5.41) is 16.6. The van der Waals surface area contributed by atoms with Gasteiger partial charge in [0.25, 0.3) is 0 Å². The van der Waals surface area contributed by atoms with Crippen LogP contribution in [0.5, 0.6) is 0 Å². The summed E-state index contributed by atoms with van der Waals surface area (Å²) in [7, 11) is 0. The zero-order valence-electron chi connectivity index (χ0n) is 15.9. The highest BCUT2D eigenvalue weighted by atomic mass is 14.9. The van der Waals surface area contributed by atoms with Crippen LogP contribution in [0, 0.1) is 25.2 Å². The van der Waals surface area contributed by atoms with Crippen LogP contribution in [0.1, 0.15) is 42.1 Å². The molecule has 3 rings (SSSR count). The number of rotatable bonds is 4. The Labute approximate surface area is 156 Å². The van der Waals surface area contributed by atoms with Gasteiger partial charge in [0.15, 0.2) is 0 Å². The molecule has 1 aliphatic rings. The summed E-state index contributed by atoms with van der Waals surface area (Å²) < 4.78 is 0. The van der Waals surface area contributed by atoms with E-state index in [1.807, 2.05) is 24.3 Å². The number of anilines is 1. The van der Waals surface area contributed by atoms with Crippen LogP contribution < -0.4 is 10.6 Å². The molecule has 1 atom stereocenters. The number of aryl methyl sites for hydroxylation is 2. The van der Waals surface area contributed by atoms with Gasteiger partial charge in [-0.05, 0) is 68.2 Å². The molecule has 1 unspecified atom stereocenters. The molecule has 132 valence electrons. The molecule has 0 fully saturated rings. The van der Waals surface area contributed by atoms with Crippen molar-refractivity contribution in [1.29, 1.82) is 5.26 Å². The fourth-order valence-corrected chi connectivity index (χ4v) is 3.66. The van der Waals surface area contributed by atoms with Crippen molar-refractivity contribution in [2.45, 2.75) is 33.7 Å². The summed E-state index contributed by atoms with van der Waals surface area (Å²) >= 11 is 0. The number of hydrogen-bond donors (Lipinski definition) is 2. The molecule has 0 radical (unpaired) electrons. The van der Waals surface area contributed by atoms with Crippen molar-refractivity contribution in [3.8, 4) is 6.07 Å². The molecule has 0 saturated carbocycles. The van der Waals surface area contributed by atoms with E-state index in [-0.39, 0.29) is 6.04 Å². The van der Waals surface area contributed by atoms with Crippen molar-refractivity contribution in [3.63, 3.8) is 0 Å². The Morgan fingerprint density at radius 1 is 1.08 bits per heavy atom. The lowest BCUT2D eigenvalue weighted by Crippen LogP contribution is -2.26. The highest BCUT2D eigenvalue weighted by Crippen LogP contribution is 2.35. The van der Waals surface area contributed by atoms with Crippen LogP contribution in [0.3, 0.4) is 0 Å². The highest BCUT2D eigenvalue weighted by Gasteiger charge is 2.25. The number of allylic oxidation sites excluding steroid dienone is 2. The van der Waals surface area contributed by atoms with Crippen molar-refractivity contribution in [3.05, 3.63) is 81.9 Å². The molecule has 0 aromatic heterocycles. The van der Waals surface area contributed by atoms with E-state index in [9.17, 15) is 5.26 Å². The number of dihydropyridines is 1. The first-order valence-corrected chi connectivity index (χ1v) is 9.04. The van der Waals surface area contributed by atoms with Gasteiger partial charge in [0, 0.05) is 23.5 Å². The average Bonchev–Trinajstić information content (AvgIpc) is 2.63. The fourth-order valence-electron chi connectivity index (χ4n) is 3.66. The molecule has 1 heterocycles. The smallest absolute Gasteiger partial charge is 0.0972 e. The molecule has 2 aromatic rings. The van der Waals surface area contributed by atoms with E-state index < -0.39 is 0 Å². The number of nitrogens with zero attached hydrogens (tertiary/aromatic N) is 1. The molecule has 26 heavy (non-hydrogen) atoms. The Morgan fingerprint density at radius 3 is 2.31 bits per heavy atom. The Morgan fingerprint density at radius 2 is 1.73 bits per heavy atom. The van der Waals surface area contributed by atoms with Gasteiger partial charge in [-0.25, -0.2) is 0 Å². The summed E-state index contributed by atoms with van der Waals surface area (Å²) in [5.41, 5.74) is 8.87. The summed E-state index contributed by atoms with van der Waals surface area (Å²) in [6.45, 7) is 9.37. The van der Waals surface area contributed by atoms with Gasteiger partial charge >= 0.3 is 0 Å². The molecule has 2 N–H and O–H groups in total. The van der Waals surface area contributed by atoms with Gasteiger partial charge in [-0.2, -0.15) is 5.26 Å². The van der Waals surface area contributed by atoms with E-state index in [0.717, 1.165) is 34.6 Å². The average molecular weight is 343 g/mol. The Kier molecular flexibility index (Phi) is 5.14. The molecule has 0 aliphatic carbocycles. The van der Waals surface area contributed by atoms with E-state index in [4.69, 9.17) is 0 Å². The van der Waals surface area contributed by atoms with Crippen molar-refractivity contribution in [2.75, 3.05) is 11.9 Å². The molecule has 3 nitrogen and oxygen atoms in total. The lowest BCUT2D eigenvalue weighted by atomic mass is 9.89. The molecular formula is C23H25N3. The summed E-state index contributed by atoms with van der Waals surface area (Å²) in [6, 6.07) is 16.8. The summed E-state index contributed by atoms with van der Waals surface area (Å²) in [4.78, 5) is 0. The van der Waals surface area contributed by atoms with Crippen molar-refractivity contribution in [1.82, 2.24) is 5.32 Å². The van der Waals surface area contributed by atoms with Crippen molar-refractivity contribution >= 4 is 11.4 Å². The first-order chi connectivity index (χ1) is 12.5. The number of hydrogen-bond acceptors (Lipinski definition) is 3. The molecule has 0 spiro atoms. The third kappa shape index (κ3) is 3.36. The summed E-state index contributed by atoms with van der Waals surface area (Å²) in [6.07, 6.45) is 2.01. The molecule has 1 aliphatic heterocycles. The summed E-state index contributed by atoms with van der Waals surface area (Å²) in [5.74, 6) is 0. The molecule has 0 amide bonds. The molecular weight excluding hydrogens is 318 g/mol. The van der Waals surface area contributed by atoms with Gasteiger partial charge in [0.2, 0.25) is 0 Å². The minimum absolute atomic E-state index is 0.118. The van der Waals surface area contributed by atoms with E-state index in [0.29, 0.717) is 0 Å². The maximum atomic E-state index is 9.61. The van der Waals surface area contributed by atoms with Crippen LogP contribution in [0.15, 0.2) is 59.7 Å². The van der Waals surface area contributed by atoms with Gasteiger partial charge < -0.3 is 10.6 Å². The van der Waals surface area contributed by atoms with Crippen molar-refractivity contribution in [2.24, 2.45) is 0 Å². The van der Waals surface area contributed by atoms with Crippen LogP contribution in [0.25, 0.3) is 5.70 Å². The SMILES string of the molecule is CCNc1cc(C)c(C2=C(C)C=C(C#N)C(c3ccccc3)N2)c(C)c1.